The molecule has 1 saturated heterocycles. The van der Waals surface area contributed by atoms with E-state index in [1.54, 1.807) is 17.0 Å². The maximum atomic E-state index is 12.5. The topological polar surface area (TPSA) is 77.2 Å². The highest BCUT2D eigenvalue weighted by molar-refractivity contribution is 5.92. The molecule has 5 nitrogen and oxygen atoms in total. The van der Waals surface area contributed by atoms with Gasteiger partial charge in [-0.3, -0.25) is 4.79 Å². The minimum atomic E-state index is -0.576. The van der Waals surface area contributed by atoms with Crippen molar-refractivity contribution in [3.63, 3.8) is 0 Å². The Kier molecular flexibility index (Phi) is 3.64. The number of hydrogen-bond donors (Lipinski definition) is 1. The molecule has 110 valence electrons. The zero-order valence-corrected chi connectivity index (χ0v) is 12.0. The number of fused-ring (bicyclic) bond motifs is 1. The number of rotatable bonds is 1. The Labute approximate surface area is 124 Å². The molecule has 1 aliphatic carbocycles. The molecule has 2 unspecified atom stereocenters. The molecule has 1 aromatic rings. The quantitative estimate of drug-likeness (QED) is 0.852. The molecule has 1 saturated carbocycles. The lowest BCUT2D eigenvalue weighted by molar-refractivity contribution is -0.0886. The average molecular weight is 285 g/mol. The Morgan fingerprint density at radius 3 is 3.00 bits per heavy atom. The largest absolute Gasteiger partial charge is 0.389 e. The van der Waals surface area contributed by atoms with Gasteiger partial charge >= 0.3 is 0 Å². The monoisotopic (exact) mass is 285 g/mol. The van der Waals surface area contributed by atoms with Crippen LogP contribution in [0.5, 0.6) is 0 Å². The van der Waals surface area contributed by atoms with Crippen molar-refractivity contribution in [3.05, 3.63) is 29.6 Å². The molecule has 2 aliphatic rings. The van der Waals surface area contributed by atoms with Crippen molar-refractivity contribution < 1.29 is 9.90 Å². The molecule has 1 aromatic heterocycles. The zero-order valence-electron chi connectivity index (χ0n) is 12.0. The van der Waals surface area contributed by atoms with Gasteiger partial charge in [0, 0.05) is 25.2 Å². The summed E-state index contributed by atoms with van der Waals surface area (Å²) in [5.74, 6) is 0.0782. The lowest BCUT2D eigenvalue weighted by Gasteiger charge is -2.47. The predicted octanol–water partition coefficient (Wildman–Crippen LogP) is 1.72. The molecule has 1 amide bonds. The van der Waals surface area contributed by atoms with Gasteiger partial charge in [0.25, 0.3) is 5.91 Å². The average Bonchev–Trinajstić information content (AvgIpc) is 2.53. The van der Waals surface area contributed by atoms with E-state index in [1.807, 2.05) is 6.07 Å². The van der Waals surface area contributed by atoms with E-state index in [4.69, 9.17) is 5.26 Å². The summed E-state index contributed by atoms with van der Waals surface area (Å²) in [6.07, 6.45) is 6.13. The zero-order chi connectivity index (χ0) is 14.9. The number of nitriles is 1. The number of piperidine rings is 1. The summed E-state index contributed by atoms with van der Waals surface area (Å²) in [5.41, 5.74) is 0.245. The van der Waals surface area contributed by atoms with E-state index < -0.39 is 5.60 Å². The predicted molar refractivity (Wildman–Crippen MR) is 76.4 cm³/mol. The van der Waals surface area contributed by atoms with Crippen molar-refractivity contribution in [2.24, 2.45) is 5.92 Å². The van der Waals surface area contributed by atoms with Gasteiger partial charge in [0.15, 0.2) is 0 Å². The molecule has 1 N–H and O–H groups in total. The second kappa shape index (κ2) is 5.45. The van der Waals surface area contributed by atoms with Gasteiger partial charge in [-0.1, -0.05) is 12.8 Å². The number of amides is 1. The van der Waals surface area contributed by atoms with Crippen molar-refractivity contribution in [3.8, 4) is 6.07 Å². The highest BCUT2D eigenvalue weighted by Crippen LogP contribution is 2.39. The second-order valence-corrected chi connectivity index (χ2v) is 6.09. The van der Waals surface area contributed by atoms with Gasteiger partial charge in [0.1, 0.15) is 11.8 Å². The van der Waals surface area contributed by atoms with Gasteiger partial charge in [0.2, 0.25) is 0 Å². The highest BCUT2D eigenvalue weighted by atomic mass is 16.3. The van der Waals surface area contributed by atoms with Gasteiger partial charge < -0.3 is 10.0 Å². The van der Waals surface area contributed by atoms with Gasteiger partial charge in [0.05, 0.1) is 11.2 Å². The molecule has 0 radical (unpaired) electrons. The normalized spacial score (nSPS) is 28.6. The van der Waals surface area contributed by atoms with Crippen LogP contribution in [0, 0.1) is 17.2 Å². The van der Waals surface area contributed by atoms with Crippen LogP contribution in [-0.4, -0.2) is 39.6 Å². The minimum Gasteiger partial charge on any atom is -0.389 e. The van der Waals surface area contributed by atoms with Crippen molar-refractivity contribution >= 4 is 5.91 Å². The molecule has 0 spiro atoms. The summed E-state index contributed by atoms with van der Waals surface area (Å²) in [5, 5.41) is 19.4. The maximum Gasteiger partial charge on any atom is 0.272 e. The summed E-state index contributed by atoms with van der Waals surface area (Å²) in [6.45, 7) is 1.19. The highest BCUT2D eigenvalue weighted by Gasteiger charge is 2.43. The fraction of sp³-hybridized carbons (Fsp3) is 0.562. The number of nitrogens with zero attached hydrogens (tertiary/aromatic N) is 3. The molecule has 0 aromatic carbocycles. The molecule has 2 fully saturated rings. The Bertz CT molecular complexity index is 578. The van der Waals surface area contributed by atoms with E-state index in [-0.39, 0.29) is 11.8 Å². The first-order valence-corrected chi connectivity index (χ1v) is 7.50. The molecule has 21 heavy (non-hydrogen) atoms. The number of likely N-dealkylation sites (tertiary alicyclic amines) is 1. The maximum absolute atomic E-state index is 12.5. The van der Waals surface area contributed by atoms with Gasteiger partial charge in [-0.2, -0.15) is 5.26 Å². The smallest absolute Gasteiger partial charge is 0.272 e. The number of carbonyl (C=O) groups excluding carboxylic acids is 1. The third-order valence-corrected chi connectivity index (χ3v) is 4.83. The number of aliphatic hydroxyl groups is 1. The molecular weight excluding hydrogens is 266 g/mol. The summed E-state index contributed by atoms with van der Waals surface area (Å²) >= 11 is 0. The molecule has 1 aliphatic heterocycles. The lowest BCUT2D eigenvalue weighted by Crippen LogP contribution is -2.54. The second-order valence-electron chi connectivity index (χ2n) is 6.09. The van der Waals surface area contributed by atoms with Gasteiger partial charge in [-0.25, -0.2) is 4.98 Å². The number of aromatic nitrogens is 1. The number of carbonyl (C=O) groups is 1. The SMILES string of the molecule is N#Cc1ccc(C(=O)N2CCC3(O)CCCCC3C2)nc1. The fourth-order valence-electron chi connectivity index (χ4n) is 3.50. The first kappa shape index (κ1) is 14.0. The Morgan fingerprint density at radius 2 is 2.29 bits per heavy atom. The Morgan fingerprint density at radius 1 is 1.43 bits per heavy atom. The summed E-state index contributed by atoms with van der Waals surface area (Å²) in [7, 11) is 0. The molecular formula is C16H19N3O2. The van der Waals surface area contributed by atoms with Gasteiger partial charge in [-0.15, -0.1) is 0 Å². The summed E-state index contributed by atoms with van der Waals surface area (Å²) in [4.78, 5) is 18.3. The van der Waals surface area contributed by atoms with Crippen LogP contribution in [0.1, 0.15) is 48.2 Å². The van der Waals surface area contributed by atoms with Crippen LogP contribution in [0.15, 0.2) is 18.3 Å². The number of pyridine rings is 1. The standard InChI is InChI=1S/C16H19N3O2/c17-9-12-4-5-14(18-10-12)15(20)19-8-7-16(21)6-2-1-3-13(16)11-19/h4-5,10,13,21H,1-3,6-8,11H2. The van der Waals surface area contributed by atoms with Crippen LogP contribution in [0.25, 0.3) is 0 Å². The van der Waals surface area contributed by atoms with Crippen LogP contribution >= 0.6 is 0 Å². The van der Waals surface area contributed by atoms with E-state index in [9.17, 15) is 9.90 Å². The van der Waals surface area contributed by atoms with Gasteiger partial charge in [-0.05, 0) is 31.4 Å². The van der Waals surface area contributed by atoms with Crippen LogP contribution < -0.4 is 0 Å². The van der Waals surface area contributed by atoms with E-state index in [0.29, 0.717) is 30.8 Å². The van der Waals surface area contributed by atoms with Crippen molar-refractivity contribution in [2.75, 3.05) is 13.1 Å². The minimum absolute atomic E-state index is 0.105. The molecule has 2 atom stereocenters. The van der Waals surface area contributed by atoms with Crippen LogP contribution in [0.2, 0.25) is 0 Å². The Balaban J connectivity index is 1.72. The number of hydrogen-bond acceptors (Lipinski definition) is 4. The van der Waals surface area contributed by atoms with E-state index >= 15 is 0 Å². The summed E-state index contributed by atoms with van der Waals surface area (Å²) in [6, 6.07) is 5.21. The first-order chi connectivity index (χ1) is 10.1. The molecule has 3 rings (SSSR count). The van der Waals surface area contributed by atoms with E-state index in [0.717, 1.165) is 25.7 Å². The lowest BCUT2D eigenvalue weighted by atomic mass is 9.71. The molecule has 0 bridgehead atoms. The van der Waals surface area contributed by atoms with Crippen LogP contribution in [0.4, 0.5) is 0 Å². The molecule has 5 heteroatoms. The van der Waals surface area contributed by atoms with E-state index in [1.165, 1.54) is 6.20 Å². The fourth-order valence-corrected chi connectivity index (χ4v) is 3.50. The third kappa shape index (κ3) is 2.64. The Hall–Kier alpha value is -1.93. The van der Waals surface area contributed by atoms with Crippen LogP contribution in [-0.2, 0) is 0 Å². The van der Waals surface area contributed by atoms with Crippen molar-refractivity contribution in [2.45, 2.75) is 37.7 Å². The third-order valence-electron chi connectivity index (χ3n) is 4.83. The molecule has 2 heterocycles. The van der Waals surface area contributed by atoms with Crippen molar-refractivity contribution in [1.29, 1.82) is 5.26 Å². The first-order valence-electron chi connectivity index (χ1n) is 7.50. The van der Waals surface area contributed by atoms with Crippen LogP contribution in [0.3, 0.4) is 0 Å². The van der Waals surface area contributed by atoms with E-state index in [2.05, 4.69) is 4.98 Å². The van der Waals surface area contributed by atoms with Crippen molar-refractivity contribution in [1.82, 2.24) is 9.88 Å². The summed E-state index contributed by atoms with van der Waals surface area (Å²) < 4.78 is 0.